The predicted octanol–water partition coefficient (Wildman–Crippen LogP) is 4.92. The molecular weight excluding hydrogens is 340 g/mol. The number of nitrogens with zero attached hydrogens (tertiary/aromatic N) is 2. The summed E-state index contributed by atoms with van der Waals surface area (Å²) in [5, 5.41) is 10.2. The first-order chi connectivity index (χ1) is 9.74. The number of hydrogen-bond donors (Lipinski definition) is 0. The Balaban J connectivity index is 1.88. The van der Waals surface area contributed by atoms with Crippen molar-refractivity contribution in [3.05, 3.63) is 58.7 Å². The molecule has 1 heterocycles. The van der Waals surface area contributed by atoms with Crippen LogP contribution in [0.3, 0.4) is 0 Å². The second-order valence-electron chi connectivity index (χ2n) is 4.25. The van der Waals surface area contributed by atoms with E-state index < -0.39 is 0 Å². The molecule has 3 nitrogen and oxygen atoms in total. The molecule has 0 amide bonds. The maximum atomic E-state index is 5.69. The zero-order valence-electron chi connectivity index (χ0n) is 10.4. The second-order valence-corrected chi connectivity index (χ2v) is 5.43. The van der Waals surface area contributed by atoms with Gasteiger partial charge in [-0.05, 0) is 41.1 Å². The van der Waals surface area contributed by atoms with Crippen LogP contribution in [-0.2, 0) is 5.88 Å². The highest BCUT2D eigenvalue weighted by molar-refractivity contribution is 9.10. The molecule has 0 saturated carbocycles. The largest absolute Gasteiger partial charge is 0.438 e. The van der Waals surface area contributed by atoms with Crippen LogP contribution in [0.1, 0.15) is 5.69 Å². The Labute approximate surface area is 129 Å². The minimum absolute atomic E-state index is 0.345. The second kappa shape index (κ2) is 5.77. The van der Waals surface area contributed by atoms with Gasteiger partial charge >= 0.3 is 0 Å². The molecule has 0 saturated heterocycles. The third-order valence-corrected chi connectivity index (χ3v) is 3.60. The van der Waals surface area contributed by atoms with Crippen LogP contribution >= 0.6 is 27.5 Å². The summed E-state index contributed by atoms with van der Waals surface area (Å²) in [4.78, 5) is 0. The molecule has 100 valence electrons. The van der Waals surface area contributed by atoms with Gasteiger partial charge in [0.2, 0.25) is 5.88 Å². The fourth-order valence-corrected chi connectivity index (χ4v) is 2.37. The lowest BCUT2D eigenvalue weighted by Crippen LogP contribution is -1.93. The van der Waals surface area contributed by atoms with Crippen LogP contribution in [-0.4, -0.2) is 10.2 Å². The van der Waals surface area contributed by atoms with E-state index in [-0.39, 0.29) is 0 Å². The number of benzene rings is 2. The highest BCUT2D eigenvalue weighted by Crippen LogP contribution is 2.26. The van der Waals surface area contributed by atoms with Crippen LogP contribution in [0, 0.1) is 0 Å². The van der Waals surface area contributed by atoms with Crippen molar-refractivity contribution in [1.82, 2.24) is 10.2 Å². The summed E-state index contributed by atoms with van der Waals surface area (Å²) in [6, 6.07) is 15.6. The molecule has 20 heavy (non-hydrogen) atoms. The summed E-state index contributed by atoms with van der Waals surface area (Å²) >= 11 is 9.13. The highest BCUT2D eigenvalue weighted by Gasteiger charge is 2.02. The maximum Gasteiger partial charge on any atom is 0.238 e. The van der Waals surface area contributed by atoms with Crippen molar-refractivity contribution in [3.63, 3.8) is 0 Å². The molecule has 0 N–H and O–H groups in total. The van der Waals surface area contributed by atoms with Gasteiger partial charge < -0.3 is 4.74 Å². The van der Waals surface area contributed by atoms with Crippen molar-refractivity contribution in [1.29, 1.82) is 0 Å². The van der Waals surface area contributed by atoms with Crippen molar-refractivity contribution in [2.24, 2.45) is 0 Å². The third-order valence-electron chi connectivity index (χ3n) is 2.83. The van der Waals surface area contributed by atoms with E-state index in [1.807, 2.05) is 30.3 Å². The lowest BCUT2D eigenvalue weighted by molar-refractivity contribution is 0.455. The Kier molecular flexibility index (Phi) is 3.85. The molecule has 5 heteroatoms. The monoisotopic (exact) mass is 348 g/mol. The van der Waals surface area contributed by atoms with Crippen LogP contribution in [0.25, 0.3) is 10.8 Å². The van der Waals surface area contributed by atoms with E-state index >= 15 is 0 Å². The molecule has 0 bridgehead atoms. The smallest absolute Gasteiger partial charge is 0.238 e. The molecular formula is C15H10BrClN2O. The Hall–Kier alpha value is -1.65. The summed E-state index contributed by atoms with van der Waals surface area (Å²) in [7, 11) is 0. The van der Waals surface area contributed by atoms with Crippen molar-refractivity contribution in [2.45, 2.75) is 5.88 Å². The minimum Gasteiger partial charge on any atom is -0.438 e. The van der Waals surface area contributed by atoms with E-state index in [0.29, 0.717) is 11.8 Å². The van der Waals surface area contributed by atoms with Crippen molar-refractivity contribution < 1.29 is 4.74 Å². The molecule has 2 aromatic carbocycles. The fourth-order valence-electron chi connectivity index (χ4n) is 1.85. The average molecular weight is 350 g/mol. The SMILES string of the molecule is ClCc1ccc(Oc2ccc3cc(Br)ccc3c2)nn1. The zero-order valence-corrected chi connectivity index (χ0v) is 12.7. The summed E-state index contributed by atoms with van der Waals surface area (Å²) in [5.74, 6) is 1.53. The van der Waals surface area contributed by atoms with Gasteiger partial charge in [-0.3, -0.25) is 0 Å². The molecule has 3 aromatic rings. The zero-order chi connectivity index (χ0) is 13.9. The number of halogens is 2. The van der Waals surface area contributed by atoms with Gasteiger partial charge in [-0.2, -0.15) is 5.10 Å². The van der Waals surface area contributed by atoms with Crippen LogP contribution in [0.5, 0.6) is 11.6 Å². The van der Waals surface area contributed by atoms with Crippen molar-refractivity contribution >= 4 is 38.3 Å². The van der Waals surface area contributed by atoms with Gasteiger partial charge in [-0.1, -0.05) is 28.1 Å². The number of hydrogen-bond acceptors (Lipinski definition) is 3. The fraction of sp³-hybridized carbons (Fsp3) is 0.0667. The lowest BCUT2D eigenvalue weighted by atomic mass is 10.1. The van der Waals surface area contributed by atoms with Crippen LogP contribution in [0.15, 0.2) is 53.0 Å². The summed E-state index contributed by atoms with van der Waals surface area (Å²) in [6.07, 6.45) is 0. The first-order valence-electron chi connectivity index (χ1n) is 6.00. The lowest BCUT2D eigenvalue weighted by Gasteiger charge is -2.06. The highest BCUT2D eigenvalue weighted by atomic mass is 79.9. The normalized spacial score (nSPS) is 10.7. The average Bonchev–Trinajstić information content (AvgIpc) is 2.48. The van der Waals surface area contributed by atoms with E-state index in [1.54, 1.807) is 12.1 Å². The number of alkyl halides is 1. The Morgan fingerprint density at radius 1 is 0.950 bits per heavy atom. The van der Waals surface area contributed by atoms with Crippen LogP contribution < -0.4 is 4.74 Å². The molecule has 3 rings (SSSR count). The Morgan fingerprint density at radius 2 is 1.75 bits per heavy atom. The van der Waals surface area contributed by atoms with E-state index in [1.165, 1.54) is 0 Å². The van der Waals surface area contributed by atoms with Gasteiger partial charge in [0.25, 0.3) is 0 Å². The molecule has 0 radical (unpaired) electrons. The van der Waals surface area contributed by atoms with Crippen molar-refractivity contribution in [2.75, 3.05) is 0 Å². The van der Waals surface area contributed by atoms with Gasteiger partial charge in [0, 0.05) is 10.5 Å². The third kappa shape index (κ3) is 2.92. The minimum atomic E-state index is 0.345. The molecule has 0 atom stereocenters. The van der Waals surface area contributed by atoms with E-state index in [9.17, 15) is 0 Å². The first kappa shape index (κ1) is 13.3. The molecule has 0 spiro atoms. The number of ether oxygens (including phenoxy) is 1. The van der Waals surface area contributed by atoms with Gasteiger partial charge in [0.15, 0.2) is 0 Å². The van der Waals surface area contributed by atoms with Gasteiger partial charge in [0.05, 0.1) is 11.6 Å². The van der Waals surface area contributed by atoms with E-state index in [0.717, 1.165) is 26.7 Å². The summed E-state index contributed by atoms with van der Waals surface area (Å²) < 4.78 is 6.74. The predicted molar refractivity (Wildman–Crippen MR) is 83.3 cm³/mol. The first-order valence-corrected chi connectivity index (χ1v) is 7.33. The molecule has 0 unspecified atom stereocenters. The molecule has 0 aliphatic heterocycles. The van der Waals surface area contributed by atoms with Crippen molar-refractivity contribution in [3.8, 4) is 11.6 Å². The van der Waals surface area contributed by atoms with Crippen LogP contribution in [0.4, 0.5) is 0 Å². The quantitative estimate of drug-likeness (QED) is 0.629. The van der Waals surface area contributed by atoms with E-state index in [2.05, 4.69) is 32.2 Å². The maximum absolute atomic E-state index is 5.69. The number of aromatic nitrogens is 2. The van der Waals surface area contributed by atoms with Crippen LogP contribution in [0.2, 0.25) is 0 Å². The van der Waals surface area contributed by atoms with Gasteiger partial charge in [0.1, 0.15) is 5.75 Å². The number of fused-ring (bicyclic) bond motifs is 1. The standard InChI is InChI=1S/C15H10BrClN2O/c16-12-3-1-11-8-14(5-2-10(11)7-12)20-15-6-4-13(9-17)18-19-15/h1-8H,9H2. The molecule has 0 aliphatic carbocycles. The summed E-state index contributed by atoms with van der Waals surface area (Å²) in [6.45, 7) is 0. The molecule has 0 fully saturated rings. The number of rotatable bonds is 3. The van der Waals surface area contributed by atoms with Gasteiger partial charge in [-0.15, -0.1) is 16.7 Å². The topological polar surface area (TPSA) is 35.0 Å². The Bertz CT molecular complexity index is 746. The van der Waals surface area contributed by atoms with Gasteiger partial charge in [-0.25, -0.2) is 0 Å². The Morgan fingerprint density at radius 3 is 2.50 bits per heavy atom. The molecule has 0 aliphatic rings. The summed E-state index contributed by atoms with van der Waals surface area (Å²) in [5.41, 5.74) is 0.724. The molecule has 1 aromatic heterocycles. The van der Waals surface area contributed by atoms with E-state index in [4.69, 9.17) is 16.3 Å².